The minimum atomic E-state index is -3.07. The number of pyridine rings is 2. The van der Waals surface area contributed by atoms with E-state index in [1.54, 1.807) is 75.0 Å². The number of esters is 1. The van der Waals surface area contributed by atoms with Crippen molar-refractivity contribution in [2.24, 2.45) is 5.92 Å². The van der Waals surface area contributed by atoms with Crippen LogP contribution in [0.5, 0.6) is 11.5 Å². The number of fused-ring (bicyclic) bond motifs is 3. The number of hydrogen-bond acceptors (Lipinski definition) is 8. The minimum Gasteiger partial charge on any atom is -0.487 e. The third kappa shape index (κ3) is 9.28. The number of H-pyrrole nitrogens is 1. The quantitative estimate of drug-likeness (QED) is 0.127. The highest BCUT2D eigenvalue weighted by atomic mass is 35.5. The molecule has 3 aliphatic heterocycles. The Bertz CT molecular complexity index is 1830. The molecule has 1 amide bonds. The lowest BCUT2D eigenvalue weighted by Gasteiger charge is -2.44. The van der Waals surface area contributed by atoms with Crippen molar-refractivity contribution < 1.29 is 42.3 Å². The SMILES string of the molecule is CC(C)Oc1cc([C@H](Cc2c(Cl)c[nH+]cc2Cl)OC(=O)c2ccc(CN(C(=O)O[C@H]3CN4CCC3CC4)c3cccnc3)cc2)ccc1OC(F)F. The van der Waals surface area contributed by atoms with Crippen molar-refractivity contribution in [1.29, 1.82) is 0 Å². The summed E-state index contributed by atoms with van der Waals surface area (Å²) in [5.74, 6) is -0.408. The molecule has 2 bridgehead atoms. The zero-order valence-electron chi connectivity index (χ0n) is 28.6. The predicted molar refractivity (Wildman–Crippen MR) is 190 cm³/mol. The molecule has 0 spiro atoms. The highest BCUT2D eigenvalue weighted by molar-refractivity contribution is 6.35. The van der Waals surface area contributed by atoms with Gasteiger partial charge in [-0.1, -0.05) is 41.4 Å². The van der Waals surface area contributed by atoms with E-state index in [1.165, 1.54) is 23.1 Å². The average Bonchev–Trinajstić information content (AvgIpc) is 3.13. The van der Waals surface area contributed by atoms with Gasteiger partial charge in [0, 0.05) is 24.7 Å². The molecule has 0 aliphatic carbocycles. The molecule has 2 atom stereocenters. The van der Waals surface area contributed by atoms with Crippen LogP contribution in [0.25, 0.3) is 0 Å². The maximum atomic E-state index is 13.7. The van der Waals surface area contributed by atoms with Gasteiger partial charge in [0.25, 0.3) is 0 Å². The van der Waals surface area contributed by atoms with Crippen molar-refractivity contribution in [3.05, 3.63) is 112 Å². The highest BCUT2D eigenvalue weighted by Gasteiger charge is 2.37. The van der Waals surface area contributed by atoms with Crippen LogP contribution in [0, 0.1) is 5.92 Å². The van der Waals surface area contributed by atoms with Crippen molar-refractivity contribution in [2.45, 2.75) is 64.6 Å². The van der Waals surface area contributed by atoms with Crippen LogP contribution >= 0.6 is 23.2 Å². The average molecular weight is 757 g/mol. The first-order valence-electron chi connectivity index (χ1n) is 17.0. The summed E-state index contributed by atoms with van der Waals surface area (Å²) in [6.45, 7) is 3.40. The molecule has 4 aromatic rings. The van der Waals surface area contributed by atoms with Gasteiger partial charge in [0.05, 0.1) is 30.1 Å². The Labute approximate surface area is 310 Å². The van der Waals surface area contributed by atoms with Gasteiger partial charge in [-0.2, -0.15) is 8.78 Å². The number of halogens is 4. The van der Waals surface area contributed by atoms with Crippen molar-refractivity contribution in [3.63, 3.8) is 0 Å². The summed E-state index contributed by atoms with van der Waals surface area (Å²) >= 11 is 12.9. The van der Waals surface area contributed by atoms with E-state index in [-0.39, 0.29) is 42.2 Å². The molecule has 3 aliphatic rings. The number of benzene rings is 2. The summed E-state index contributed by atoms with van der Waals surface area (Å²) < 4.78 is 48.9. The van der Waals surface area contributed by atoms with E-state index in [2.05, 4.69) is 19.6 Å². The van der Waals surface area contributed by atoms with E-state index in [1.807, 2.05) is 0 Å². The molecule has 0 saturated carbocycles. The molecule has 2 aromatic heterocycles. The van der Waals surface area contributed by atoms with E-state index in [4.69, 9.17) is 37.4 Å². The second kappa shape index (κ2) is 16.9. The smallest absolute Gasteiger partial charge is 0.414 e. The molecule has 0 unspecified atom stereocenters. The van der Waals surface area contributed by atoms with Gasteiger partial charge in [0.15, 0.2) is 23.9 Å². The number of piperidine rings is 3. The molecular formula is C38H39Cl2F2N4O6+. The Balaban J connectivity index is 1.22. The Hall–Kier alpha value is -4.52. The summed E-state index contributed by atoms with van der Waals surface area (Å²) in [5.41, 5.74) is 2.52. The van der Waals surface area contributed by atoms with Crippen LogP contribution in [-0.2, 0) is 22.4 Å². The lowest BCUT2D eigenvalue weighted by molar-refractivity contribution is -0.377. The maximum absolute atomic E-state index is 13.7. The third-order valence-electron chi connectivity index (χ3n) is 9.11. The fraction of sp³-hybridized carbons (Fsp3) is 0.368. The van der Waals surface area contributed by atoms with E-state index in [0.717, 1.165) is 38.0 Å². The number of nitrogens with zero attached hydrogens (tertiary/aromatic N) is 3. The minimum absolute atomic E-state index is 0.0574. The number of rotatable bonds is 13. The Morgan fingerprint density at radius 1 is 1.00 bits per heavy atom. The van der Waals surface area contributed by atoms with E-state index in [0.29, 0.717) is 32.8 Å². The number of amides is 1. The van der Waals surface area contributed by atoms with Crippen LogP contribution in [0.1, 0.15) is 59.8 Å². The van der Waals surface area contributed by atoms with Gasteiger partial charge in [0.2, 0.25) is 0 Å². The lowest BCUT2D eigenvalue weighted by Crippen LogP contribution is -2.53. The maximum Gasteiger partial charge on any atom is 0.414 e. The van der Waals surface area contributed by atoms with Crippen LogP contribution in [0.15, 0.2) is 79.4 Å². The van der Waals surface area contributed by atoms with Gasteiger partial charge >= 0.3 is 18.7 Å². The summed E-state index contributed by atoms with van der Waals surface area (Å²) in [7, 11) is 0. The van der Waals surface area contributed by atoms with Crippen molar-refractivity contribution in [1.82, 2.24) is 9.88 Å². The fourth-order valence-corrected chi connectivity index (χ4v) is 7.02. The number of hydrogen-bond donors (Lipinski definition) is 0. The molecule has 3 fully saturated rings. The molecule has 14 heteroatoms. The first-order chi connectivity index (χ1) is 25.0. The predicted octanol–water partition coefficient (Wildman–Crippen LogP) is 7.97. The van der Waals surface area contributed by atoms with Crippen LogP contribution < -0.4 is 19.4 Å². The first kappa shape index (κ1) is 37.2. The normalized spacial score (nSPS) is 18.6. The van der Waals surface area contributed by atoms with Gasteiger partial charge < -0.3 is 18.9 Å². The molecule has 5 heterocycles. The van der Waals surface area contributed by atoms with Crippen molar-refractivity contribution in [2.75, 3.05) is 24.5 Å². The summed E-state index contributed by atoms with van der Waals surface area (Å²) in [5, 5.41) is 0.638. The molecule has 52 heavy (non-hydrogen) atoms. The van der Waals surface area contributed by atoms with Crippen LogP contribution in [-0.4, -0.2) is 60.4 Å². The number of alkyl halides is 2. The fourth-order valence-electron chi connectivity index (χ4n) is 6.49. The monoisotopic (exact) mass is 755 g/mol. The number of aromatic amines is 1. The molecule has 2 aromatic carbocycles. The van der Waals surface area contributed by atoms with E-state index >= 15 is 0 Å². The number of ether oxygens (including phenoxy) is 4. The second-order valence-electron chi connectivity index (χ2n) is 13.0. The van der Waals surface area contributed by atoms with Crippen LogP contribution in [0.2, 0.25) is 10.0 Å². The van der Waals surface area contributed by atoms with Gasteiger partial charge in [-0.15, -0.1) is 0 Å². The van der Waals surface area contributed by atoms with Gasteiger partial charge in [-0.25, -0.2) is 14.6 Å². The summed E-state index contributed by atoms with van der Waals surface area (Å²) in [4.78, 5) is 38.2. The highest BCUT2D eigenvalue weighted by Crippen LogP contribution is 2.37. The molecule has 7 rings (SSSR count). The largest absolute Gasteiger partial charge is 0.487 e. The van der Waals surface area contributed by atoms with Crippen molar-refractivity contribution in [3.8, 4) is 11.5 Å². The summed E-state index contributed by atoms with van der Waals surface area (Å²) in [6.07, 6.45) is 6.49. The third-order valence-corrected chi connectivity index (χ3v) is 9.78. The lowest BCUT2D eigenvalue weighted by atomic mass is 9.86. The zero-order chi connectivity index (χ0) is 36.8. The molecule has 3 saturated heterocycles. The molecule has 274 valence electrons. The van der Waals surface area contributed by atoms with E-state index < -0.39 is 24.8 Å². The number of aromatic nitrogens is 2. The Morgan fingerprint density at radius 3 is 2.35 bits per heavy atom. The molecule has 10 nitrogen and oxygen atoms in total. The number of carbonyl (C=O) groups excluding carboxylic acids is 2. The Morgan fingerprint density at radius 2 is 1.73 bits per heavy atom. The first-order valence-corrected chi connectivity index (χ1v) is 17.8. The summed E-state index contributed by atoms with van der Waals surface area (Å²) in [6, 6.07) is 14.6. The molecular weight excluding hydrogens is 717 g/mol. The van der Waals surface area contributed by atoms with Crippen LogP contribution in [0.4, 0.5) is 19.3 Å². The standard InChI is InChI=1S/C38H38Cl2F2N4O6/c1-23(2)49-34-16-27(9-10-32(34)51-37(41)42)33(17-29-30(39)19-44-20-31(29)40)50-36(47)26-7-5-24(6-8-26)21-46(28-4-3-13-43-18-28)38(48)52-35-22-45-14-11-25(35)12-15-45/h3-10,13,16,18-20,23,25,33,35,37H,11-12,14-15,17,21-22H2,1-2H3/p+1/t33-,35-/m0/s1. The molecule has 0 radical (unpaired) electrons. The van der Waals surface area contributed by atoms with Gasteiger partial charge in [-0.05, 0) is 93.2 Å². The Kier molecular flexibility index (Phi) is 12.1. The topological polar surface area (TPSA) is 105 Å². The van der Waals surface area contributed by atoms with E-state index in [9.17, 15) is 18.4 Å². The number of nitrogens with one attached hydrogen (secondary N) is 1. The van der Waals surface area contributed by atoms with Gasteiger partial charge in [0.1, 0.15) is 22.3 Å². The van der Waals surface area contributed by atoms with Crippen molar-refractivity contribution >= 4 is 41.0 Å². The second-order valence-corrected chi connectivity index (χ2v) is 13.8. The van der Waals surface area contributed by atoms with Gasteiger partial charge in [-0.3, -0.25) is 14.8 Å². The number of carbonyl (C=O) groups is 2. The number of anilines is 1. The molecule has 1 N–H and O–H groups in total. The van der Waals surface area contributed by atoms with Crippen LogP contribution in [0.3, 0.4) is 0 Å². The zero-order valence-corrected chi connectivity index (χ0v) is 30.2.